The molecule has 2 rings (SSSR count). The first-order valence-electron chi connectivity index (χ1n) is 3.73. The number of rotatable bonds is 1. The molecule has 0 aromatic carbocycles. The normalized spacial score (nSPS) is 17.7. The molecule has 0 radical (unpaired) electrons. The molecule has 2 heterocycles. The Morgan fingerprint density at radius 1 is 1.58 bits per heavy atom. The summed E-state index contributed by atoms with van der Waals surface area (Å²) in [4.78, 5) is 10.2. The standard InChI is InChI=1S/C7H9BrN4/c8-6-1-10-4-11-7(6)12-2-5(9)3-12/h1,4-5H,2-3,9H2. The van der Waals surface area contributed by atoms with Crippen LogP contribution in [0.25, 0.3) is 0 Å². The van der Waals surface area contributed by atoms with Crippen molar-refractivity contribution in [2.75, 3.05) is 18.0 Å². The van der Waals surface area contributed by atoms with Gasteiger partial charge in [0.1, 0.15) is 12.1 Å². The van der Waals surface area contributed by atoms with Crippen LogP contribution in [0.2, 0.25) is 0 Å². The first kappa shape index (κ1) is 7.94. The van der Waals surface area contributed by atoms with Gasteiger partial charge in [0.15, 0.2) is 0 Å². The third-order valence-electron chi connectivity index (χ3n) is 1.86. The van der Waals surface area contributed by atoms with Crippen molar-refractivity contribution in [1.82, 2.24) is 9.97 Å². The minimum Gasteiger partial charge on any atom is -0.352 e. The maximum atomic E-state index is 5.66. The third-order valence-corrected chi connectivity index (χ3v) is 2.42. The Labute approximate surface area is 78.9 Å². The molecule has 1 aromatic heterocycles. The van der Waals surface area contributed by atoms with Crippen LogP contribution in [0.3, 0.4) is 0 Å². The molecule has 0 aliphatic carbocycles. The lowest BCUT2D eigenvalue weighted by Crippen LogP contribution is -2.56. The number of nitrogens with two attached hydrogens (primary N) is 1. The molecule has 64 valence electrons. The van der Waals surface area contributed by atoms with E-state index in [1.165, 1.54) is 0 Å². The fraction of sp³-hybridized carbons (Fsp3) is 0.429. The molecule has 1 fully saturated rings. The maximum Gasteiger partial charge on any atom is 0.146 e. The van der Waals surface area contributed by atoms with Crippen LogP contribution in [-0.4, -0.2) is 29.1 Å². The molecule has 0 amide bonds. The number of halogens is 1. The van der Waals surface area contributed by atoms with Crippen LogP contribution in [0.5, 0.6) is 0 Å². The van der Waals surface area contributed by atoms with E-state index >= 15 is 0 Å². The van der Waals surface area contributed by atoms with Crippen molar-refractivity contribution in [3.05, 3.63) is 17.0 Å². The average molecular weight is 229 g/mol. The molecule has 4 nitrogen and oxygen atoms in total. The van der Waals surface area contributed by atoms with Gasteiger partial charge in [-0.25, -0.2) is 9.97 Å². The molecule has 5 heteroatoms. The van der Waals surface area contributed by atoms with Gasteiger partial charge in [0.25, 0.3) is 0 Å². The summed E-state index contributed by atoms with van der Waals surface area (Å²) < 4.78 is 0.928. The Hall–Kier alpha value is -0.680. The molecule has 1 aliphatic rings. The zero-order valence-electron chi connectivity index (χ0n) is 6.44. The molecular formula is C7H9BrN4. The first-order chi connectivity index (χ1) is 5.77. The van der Waals surface area contributed by atoms with Crippen molar-refractivity contribution in [3.8, 4) is 0 Å². The highest BCUT2D eigenvalue weighted by atomic mass is 79.9. The summed E-state index contributed by atoms with van der Waals surface area (Å²) in [7, 11) is 0. The van der Waals surface area contributed by atoms with Crippen molar-refractivity contribution in [3.63, 3.8) is 0 Å². The quantitative estimate of drug-likeness (QED) is 0.756. The highest BCUT2D eigenvalue weighted by Crippen LogP contribution is 2.25. The number of hydrogen-bond donors (Lipinski definition) is 1. The van der Waals surface area contributed by atoms with Crippen LogP contribution >= 0.6 is 15.9 Å². The lowest BCUT2D eigenvalue weighted by atomic mass is 10.1. The number of nitrogens with zero attached hydrogens (tertiary/aromatic N) is 3. The molecule has 1 aromatic rings. The van der Waals surface area contributed by atoms with Gasteiger partial charge in [-0.3, -0.25) is 0 Å². The van der Waals surface area contributed by atoms with E-state index in [0.717, 1.165) is 23.4 Å². The zero-order valence-corrected chi connectivity index (χ0v) is 8.03. The Balaban J connectivity index is 2.18. The van der Waals surface area contributed by atoms with E-state index in [4.69, 9.17) is 5.73 Å². The summed E-state index contributed by atoms with van der Waals surface area (Å²) in [6, 6.07) is 0.298. The highest BCUT2D eigenvalue weighted by Gasteiger charge is 2.25. The average Bonchev–Trinajstić information content (AvgIpc) is 2.01. The van der Waals surface area contributed by atoms with Crippen molar-refractivity contribution in [1.29, 1.82) is 0 Å². The van der Waals surface area contributed by atoms with E-state index in [-0.39, 0.29) is 0 Å². The Bertz CT molecular complexity index is 284. The van der Waals surface area contributed by atoms with Gasteiger partial charge in [0.2, 0.25) is 0 Å². The van der Waals surface area contributed by atoms with E-state index in [1.807, 2.05) is 0 Å². The first-order valence-corrected chi connectivity index (χ1v) is 4.52. The molecular weight excluding hydrogens is 220 g/mol. The molecule has 1 saturated heterocycles. The molecule has 0 bridgehead atoms. The predicted octanol–water partition coefficient (Wildman–Crippen LogP) is 0.386. The van der Waals surface area contributed by atoms with Gasteiger partial charge in [0, 0.05) is 25.3 Å². The summed E-state index contributed by atoms with van der Waals surface area (Å²) in [5, 5.41) is 0. The Morgan fingerprint density at radius 3 is 2.92 bits per heavy atom. The van der Waals surface area contributed by atoms with Crippen LogP contribution in [0.15, 0.2) is 17.0 Å². The Morgan fingerprint density at radius 2 is 2.33 bits per heavy atom. The number of aromatic nitrogens is 2. The van der Waals surface area contributed by atoms with E-state index in [9.17, 15) is 0 Å². The summed E-state index contributed by atoms with van der Waals surface area (Å²) >= 11 is 3.38. The second kappa shape index (κ2) is 2.99. The van der Waals surface area contributed by atoms with Crippen LogP contribution in [0.4, 0.5) is 5.82 Å². The van der Waals surface area contributed by atoms with Gasteiger partial charge in [0.05, 0.1) is 4.47 Å². The minimum atomic E-state index is 0.298. The van der Waals surface area contributed by atoms with Gasteiger partial charge in [-0.05, 0) is 15.9 Å². The predicted molar refractivity (Wildman–Crippen MR) is 49.9 cm³/mol. The van der Waals surface area contributed by atoms with Crippen molar-refractivity contribution in [2.24, 2.45) is 5.73 Å². The molecule has 0 spiro atoms. The fourth-order valence-corrected chi connectivity index (χ4v) is 1.70. The SMILES string of the molecule is NC1CN(c2ncncc2Br)C1. The van der Waals surface area contributed by atoms with Crippen molar-refractivity contribution >= 4 is 21.7 Å². The van der Waals surface area contributed by atoms with Crippen molar-refractivity contribution in [2.45, 2.75) is 6.04 Å². The van der Waals surface area contributed by atoms with Gasteiger partial charge < -0.3 is 10.6 Å². The van der Waals surface area contributed by atoms with E-state index in [0.29, 0.717) is 6.04 Å². The summed E-state index contributed by atoms with van der Waals surface area (Å²) in [6.07, 6.45) is 3.29. The van der Waals surface area contributed by atoms with Crippen LogP contribution in [0, 0.1) is 0 Å². The molecule has 0 saturated carbocycles. The number of hydrogen-bond acceptors (Lipinski definition) is 4. The molecule has 2 N–H and O–H groups in total. The number of anilines is 1. The van der Waals surface area contributed by atoms with Gasteiger partial charge >= 0.3 is 0 Å². The summed E-state index contributed by atoms with van der Waals surface area (Å²) in [5.41, 5.74) is 5.66. The van der Waals surface area contributed by atoms with Gasteiger partial charge in [-0.1, -0.05) is 0 Å². The molecule has 12 heavy (non-hydrogen) atoms. The van der Waals surface area contributed by atoms with Crippen LogP contribution in [0.1, 0.15) is 0 Å². The lowest BCUT2D eigenvalue weighted by Gasteiger charge is -2.38. The van der Waals surface area contributed by atoms with Crippen LogP contribution < -0.4 is 10.6 Å². The second-order valence-corrected chi connectivity index (χ2v) is 3.71. The van der Waals surface area contributed by atoms with E-state index in [2.05, 4.69) is 30.8 Å². The topological polar surface area (TPSA) is 55.0 Å². The largest absolute Gasteiger partial charge is 0.352 e. The summed E-state index contributed by atoms with van der Waals surface area (Å²) in [5.74, 6) is 0.937. The van der Waals surface area contributed by atoms with Gasteiger partial charge in [-0.15, -0.1) is 0 Å². The molecule has 1 aliphatic heterocycles. The molecule has 0 unspecified atom stereocenters. The molecule has 0 atom stereocenters. The lowest BCUT2D eigenvalue weighted by molar-refractivity contribution is 0.513. The maximum absolute atomic E-state index is 5.66. The monoisotopic (exact) mass is 228 g/mol. The zero-order chi connectivity index (χ0) is 8.55. The smallest absolute Gasteiger partial charge is 0.146 e. The van der Waals surface area contributed by atoms with Crippen LogP contribution in [-0.2, 0) is 0 Å². The third kappa shape index (κ3) is 1.30. The van der Waals surface area contributed by atoms with Gasteiger partial charge in [-0.2, -0.15) is 0 Å². The van der Waals surface area contributed by atoms with Crippen molar-refractivity contribution < 1.29 is 0 Å². The van der Waals surface area contributed by atoms with E-state index in [1.54, 1.807) is 12.5 Å². The highest BCUT2D eigenvalue weighted by molar-refractivity contribution is 9.10. The summed E-state index contributed by atoms with van der Waals surface area (Å²) in [6.45, 7) is 1.77. The fourth-order valence-electron chi connectivity index (χ4n) is 1.22. The van der Waals surface area contributed by atoms with E-state index < -0.39 is 0 Å². The second-order valence-electron chi connectivity index (χ2n) is 2.86. The minimum absolute atomic E-state index is 0.298. The Kier molecular flexibility index (Phi) is 1.98.